The molecular formula is C21H27ClN2O3S. The molecule has 0 unspecified atom stereocenters. The lowest BCUT2D eigenvalue weighted by Gasteiger charge is -2.30. The number of hydrogen-bond donors (Lipinski definition) is 1. The Bertz CT molecular complexity index is 881. The van der Waals surface area contributed by atoms with Crippen molar-refractivity contribution in [3.63, 3.8) is 0 Å². The first-order chi connectivity index (χ1) is 13.3. The third-order valence-corrected chi connectivity index (χ3v) is 5.88. The lowest BCUT2D eigenvalue weighted by Crippen LogP contribution is -2.46. The maximum Gasteiger partial charge on any atom is 0.248 e. The van der Waals surface area contributed by atoms with Crippen molar-refractivity contribution in [2.24, 2.45) is 0 Å². The Morgan fingerprint density at radius 3 is 2.18 bits per heavy atom. The van der Waals surface area contributed by atoms with E-state index in [-0.39, 0.29) is 5.91 Å². The van der Waals surface area contributed by atoms with E-state index in [1.807, 2.05) is 24.3 Å². The van der Waals surface area contributed by atoms with Crippen LogP contribution in [0.2, 0.25) is 5.02 Å². The fourth-order valence-electron chi connectivity index (χ4n) is 3.01. The SMILES string of the molecule is CCCCc1ccc(NC(=O)[C@H](CC)N(c2ccc(Cl)cc2)S(C)(=O)=O)cc1. The number of unbranched alkanes of at least 4 members (excludes halogenated alkanes) is 1. The van der Waals surface area contributed by atoms with Crippen molar-refractivity contribution in [1.82, 2.24) is 0 Å². The standard InChI is InChI=1S/C21H27ClN2O3S/c1-4-6-7-16-8-12-18(13-9-16)23-21(25)20(5-2)24(28(3,26)27)19-14-10-17(22)11-15-19/h8-15,20H,4-7H2,1-3H3,(H,23,25)/t20-/m0/s1. The molecule has 0 aliphatic rings. The zero-order chi connectivity index (χ0) is 20.7. The number of sulfonamides is 1. The van der Waals surface area contributed by atoms with Crippen LogP contribution in [0.1, 0.15) is 38.7 Å². The van der Waals surface area contributed by atoms with Crippen LogP contribution in [0.5, 0.6) is 0 Å². The summed E-state index contributed by atoms with van der Waals surface area (Å²) in [6, 6.07) is 13.2. The quantitative estimate of drug-likeness (QED) is 0.627. The minimum Gasteiger partial charge on any atom is -0.324 e. The summed E-state index contributed by atoms with van der Waals surface area (Å²) in [5.41, 5.74) is 2.27. The Balaban J connectivity index is 2.23. The number of anilines is 2. The lowest BCUT2D eigenvalue weighted by atomic mass is 10.1. The van der Waals surface area contributed by atoms with Crippen molar-refractivity contribution in [3.8, 4) is 0 Å². The van der Waals surface area contributed by atoms with Gasteiger partial charge in [0.05, 0.1) is 11.9 Å². The number of aryl methyl sites for hydroxylation is 1. The van der Waals surface area contributed by atoms with Crippen LogP contribution < -0.4 is 9.62 Å². The molecule has 28 heavy (non-hydrogen) atoms. The van der Waals surface area contributed by atoms with Gasteiger partial charge < -0.3 is 5.32 Å². The van der Waals surface area contributed by atoms with Crippen LogP contribution in [0.3, 0.4) is 0 Å². The predicted octanol–water partition coefficient (Wildman–Crippen LogP) is 4.87. The average Bonchev–Trinajstić information content (AvgIpc) is 2.65. The zero-order valence-electron chi connectivity index (χ0n) is 16.5. The van der Waals surface area contributed by atoms with Gasteiger partial charge >= 0.3 is 0 Å². The summed E-state index contributed by atoms with van der Waals surface area (Å²) < 4.78 is 26.0. The van der Waals surface area contributed by atoms with Gasteiger partial charge in [0.1, 0.15) is 6.04 Å². The molecule has 0 heterocycles. The molecule has 0 bridgehead atoms. The summed E-state index contributed by atoms with van der Waals surface area (Å²) in [4.78, 5) is 12.9. The van der Waals surface area contributed by atoms with E-state index < -0.39 is 16.1 Å². The van der Waals surface area contributed by atoms with E-state index in [1.165, 1.54) is 5.56 Å². The third-order valence-electron chi connectivity index (χ3n) is 4.45. The largest absolute Gasteiger partial charge is 0.324 e. The van der Waals surface area contributed by atoms with E-state index >= 15 is 0 Å². The number of amides is 1. The minimum atomic E-state index is -3.67. The predicted molar refractivity (Wildman–Crippen MR) is 117 cm³/mol. The maximum absolute atomic E-state index is 12.9. The average molecular weight is 423 g/mol. The Kier molecular flexibility index (Phi) is 7.89. The molecule has 7 heteroatoms. The number of nitrogens with zero attached hydrogens (tertiary/aromatic N) is 1. The van der Waals surface area contributed by atoms with Crippen molar-refractivity contribution >= 4 is 38.9 Å². The molecule has 1 N–H and O–H groups in total. The first-order valence-corrected chi connectivity index (χ1v) is 11.6. The molecule has 2 aromatic carbocycles. The highest BCUT2D eigenvalue weighted by atomic mass is 35.5. The van der Waals surface area contributed by atoms with Crippen molar-refractivity contribution in [2.75, 3.05) is 15.9 Å². The van der Waals surface area contributed by atoms with Crippen LogP contribution in [0.4, 0.5) is 11.4 Å². The number of benzene rings is 2. The first-order valence-electron chi connectivity index (χ1n) is 9.41. The summed E-state index contributed by atoms with van der Waals surface area (Å²) >= 11 is 5.91. The van der Waals surface area contributed by atoms with Gasteiger partial charge in [-0.15, -0.1) is 0 Å². The number of rotatable bonds is 9. The van der Waals surface area contributed by atoms with Crippen molar-refractivity contribution in [2.45, 2.75) is 45.6 Å². The van der Waals surface area contributed by atoms with Crippen LogP contribution in [-0.4, -0.2) is 26.6 Å². The highest BCUT2D eigenvalue weighted by molar-refractivity contribution is 7.92. The molecule has 152 valence electrons. The number of carbonyl (C=O) groups is 1. The van der Waals surface area contributed by atoms with E-state index in [4.69, 9.17) is 11.6 Å². The Labute approximate surface area is 172 Å². The van der Waals surface area contributed by atoms with Gasteiger partial charge in [-0.2, -0.15) is 0 Å². The molecule has 0 saturated carbocycles. The Morgan fingerprint density at radius 2 is 1.68 bits per heavy atom. The molecule has 2 aromatic rings. The van der Waals surface area contributed by atoms with E-state index in [1.54, 1.807) is 31.2 Å². The second kappa shape index (κ2) is 9.94. The first kappa shape index (κ1) is 22.2. The normalized spacial score (nSPS) is 12.4. The highest BCUT2D eigenvalue weighted by Gasteiger charge is 2.31. The monoisotopic (exact) mass is 422 g/mol. The van der Waals surface area contributed by atoms with Gasteiger partial charge in [0.2, 0.25) is 15.9 Å². The molecule has 0 saturated heterocycles. The van der Waals surface area contributed by atoms with Gasteiger partial charge in [0, 0.05) is 10.7 Å². The topological polar surface area (TPSA) is 66.5 Å². The zero-order valence-corrected chi connectivity index (χ0v) is 18.1. The summed E-state index contributed by atoms with van der Waals surface area (Å²) in [5, 5.41) is 3.34. The second-order valence-electron chi connectivity index (χ2n) is 6.75. The van der Waals surface area contributed by atoms with Gasteiger partial charge in [0.25, 0.3) is 0 Å². The third kappa shape index (κ3) is 5.97. The van der Waals surface area contributed by atoms with Gasteiger partial charge in [-0.25, -0.2) is 8.42 Å². The molecule has 0 radical (unpaired) electrons. The van der Waals surface area contributed by atoms with E-state index in [9.17, 15) is 13.2 Å². The van der Waals surface area contributed by atoms with Gasteiger partial charge in [-0.3, -0.25) is 9.10 Å². The van der Waals surface area contributed by atoms with Gasteiger partial charge in [-0.1, -0.05) is 44.0 Å². The molecule has 0 aliphatic heterocycles. The van der Waals surface area contributed by atoms with E-state index in [0.29, 0.717) is 22.8 Å². The summed E-state index contributed by atoms with van der Waals surface area (Å²) in [7, 11) is -3.67. The number of nitrogens with one attached hydrogen (secondary N) is 1. The van der Waals surface area contributed by atoms with Crippen LogP contribution in [-0.2, 0) is 21.2 Å². The van der Waals surface area contributed by atoms with Crippen LogP contribution in [0.25, 0.3) is 0 Å². The summed E-state index contributed by atoms with van der Waals surface area (Å²) in [6.07, 6.45) is 4.67. The van der Waals surface area contributed by atoms with Crippen LogP contribution in [0.15, 0.2) is 48.5 Å². The molecule has 0 spiro atoms. The lowest BCUT2D eigenvalue weighted by molar-refractivity contribution is -0.117. The Morgan fingerprint density at radius 1 is 1.07 bits per heavy atom. The number of carbonyl (C=O) groups excluding carboxylic acids is 1. The van der Waals surface area contributed by atoms with Gasteiger partial charge in [0.15, 0.2) is 0 Å². The fraction of sp³-hybridized carbons (Fsp3) is 0.381. The highest BCUT2D eigenvalue weighted by Crippen LogP contribution is 2.25. The van der Waals surface area contributed by atoms with Crippen LogP contribution in [0, 0.1) is 0 Å². The number of hydrogen-bond acceptors (Lipinski definition) is 3. The molecule has 1 atom stereocenters. The summed E-state index contributed by atoms with van der Waals surface area (Å²) in [5.74, 6) is -0.371. The molecule has 1 amide bonds. The molecule has 5 nitrogen and oxygen atoms in total. The smallest absolute Gasteiger partial charge is 0.248 e. The fourth-order valence-corrected chi connectivity index (χ4v) is 4.35. The van der Waals surface area contributed by atoms with Crippen LogP contribution >= 0.6 is 11.6 Å². The van der Waals surface area contributed by atoms with Crippen molar-refractivity contribution in [1.29, 1.82) is 0 Å². The summed E-state index contributed by atoms with van der Waals surface area (Å²) in [6.45, 7) is 3.93. The second-order valence-corrected chi connectivity index (χ2v) is 9.04. The van der Waals surface area contributed by atoms with Crippen molar-refractivity contribution in [3.05, 3.63) is 59.1 Å². The van der Waals surface area contributed by atoms with Crippen molar-refractivity contribution < 1.29 is 13.2 Å². The minimum absolute atomic E-state index is 0.329. The van der Waals surface area contributed by atoms with E-state index in [0.717, 1.165) is 29.8 Å². The number of halogens is 1. The van der Waals surface area contributed by atoms with Gasteiger partial charge in [-0.05, 0) is 61.2 Å². The Hall–Kier alpha value is -2.05. The molecule has 0 aromatic heterocycles. The molecule has 0 fully saturated rings. The molecular weight excluding hydrogens is 396 g/mol. The molecule has 0 aliphatic carbocycles. The maximum atomic E-state index is 12.9. The molecule has 2 rings (SSSR count). The van der Waals surface area contributed by atoms with E-state index in [2.05, 4.69) is 12.2 Å².